The Morgan fingerprint density at radius 1 is 1.11 bits per heavy atom. The molecule has 0 aliphatic carbocycles. The molecule has 2 aromatic heterocycles. The highest BCUT2D eigenvalue weighted by Crippen LogP contribution is 2.35. The van der Waals surface area contributed by atoms with Crippen LogP contribution >= 0.6 is 0 Å². The van der Waals surface area contributed by atoms with E-state index in [1.807, 2.05) is 60.5 Å². The smallest absolute Gasteiger partial charge is 0.246 e. The lowest BCUT2D eigenvalue weighted by atomic mass is 9.93. The number of rotatable bonds is 5. The lowest BCUT2D eigenvalue weighted by molar-refractivity contribution is -0.134. The maximum Gasteiger partial charge on any atom is 0.246 e. The maximum atomic E-state index is 12.8. The molecular formula is C29H28N4O5. The van der Waals surface area contributed by atoms with Gasteiger partial charge in [-0.05, 0) is 30.7 Å². The van der Waals surface area contributed by atoms with Crippen molar-refractivity contribution < 1.29 is 23.5 Å². The fourth-order valence-corrected chi connectivity index (χ4v) is 5.35. The zero-order chi connectivity index (χ0) is 26.2. The Bertz CT molecular complexity index is 1540. The topological polar surface area (TPSA) is 107 Å². The van der Waals surface area contributed by atoms with Crippen molar-refractivity contribution in [2.75, 3.05) is 13.1 Å². The number of piperidine rings is 2. The van der Waals surface area contributed by atoms with Gasteiger partial charge >= 0.3 is 0 Å². The predicted molar refractivity (Wildman–Crippen MR) is 141 cm³/mol. The van der Waals surface area contributed by atoms with E-state index in [1.54, 1.807) is 16.8 Å². The second-order valence-corrected chi connectivity index (χ2v) is 9.83. The predicted octanol–water partition coefficient (Wildman–Crippen LogP) is 3.92. The molecule has 0 spiro atoms. The highest BCUT2D eigenvalue weighted by atomic mass is 16.5. The molecule has 2 fully saturated rings. The third kappa shape index (κ3) is 4.55. The standard InChI is InChI=1S/C29H28N4O5/c1-32-28-21(27(31-32)22-10-11-25(34)30-29(22)36)6-4-8-24(28)37-19-13-15-33(16-14-19)26(35)12-9-20-17-18-5-2-3-7-23(18)38-20/h2-9,12,17,19,22H,10-11,13-16H2,1H3,(H,30,34,36)/b12-9+. The number of carbonyl (C=O) groups excluding carboxylic acids is 3. The van der Waals surface area contributed by atoms with Crippen molar-refractivity contribution in [1.82, 2.24) is 20.0 Å². The number of aryl methyl sites for hydroxylation is 1. The molecule has 9 heteroatoms. The Morgan fingerprint density at radius 3 is 2.71 bits per heavy atom. The van der Waals surface area contributed by atoms with E-state index in [1.165, 1.54) is 0 Å². The van der Waals surface area contributed by atoms with E-state index < -0.39 is 5.92 Å². The monoisotopic (exact) mass is 512 g/mol. The fourth-order valence-electron chi connectivity index (χ4n) is 5.35. The van der Waals surface area contributed by atoms with Crippen LogP contribution in [-0.4, -0.2) is 51.6 Å². The molecule has 2 aliphatic rings. The Balaban J connectivity index is 1.11. The van der Waals surface area contributed by atoms with Gasteiger partial charge in [-0.3, -0.25) is 24.4 Å². The number of carbonyl (C=O) groups is 3. The van der Waals surface area contributed by atoms with E-state index in [-0.39, 0.29) is 23.8 Å². The van der Waals surface area contributed by atoms with Crippen LogP contribution in [0.2, 0.25) is 0 Å². The van der Waals surface area contributed by atoms with E-state index in [4.69, 9.17) is 9.15 Å². The quantitative estimate of drug-likeness (QED) is 0.321. The average Bonchev–Trinajstić information content (AvgIpc) is 3.49. The number of hydrogen-bond acceptors (Lipinski definition) is 6. The number of ether oxygens (including phenoxy) is 1. The summed E-state index contributed by atoms with van der Waals surface area (Å²) in [4.78, 5) is 38.6. The molecule has 0 saturated carbocycles. The lowest BCUT2D eigenvalue weighted by Gasteiger charge is -2.31. The molecule has 2 saturated heterocycles. The first-order valence-electron chi connectivity index (χ1n) is 12.9. The number of benzene rings is 2. The normalized spacial score (nSPS) is 19.0. The van der Waals surface area contributed by atoms with Gasteiger partial charge in [0.15, 0.2) is 0 Å². The van der Waals surface area contributed by atoms with Crippen LogP contribution in [0.15, 0.2) is 59.0 Å². The molecule has 1 atom stereocenters. The fraction of sp³-hybridized carbons (Fsp3) is 0.310. The van der Waals surface area contributed by atoms with Gasteiger partial charge in [0.05, 0.1) is 11.6 Å². The summed E-state index contributed by atoms with van der Waals surface area (Å²) in [6, 6.07) is 15.4. The second kappa shape index (κ2) is 9.81. The van der Waals surface area contributed by atoms with Crippen LogP contribution in [0.25, 0.3) is 27.9 Å². The zero-order valence-corrected chi connectivity index (χ0v) is 21.1. The van der Waals surface area contributed by atoms with Crippen LogP contribution in [-0.2, 0) is 21.4 Å². The lowest BCUT2D eigenvalue weighted by Crippen LogP contribution is -2.41. The van der Waals surface area contributed by atoms with E-state index in [9.17, 15) is 14.4 Å². The van der Waals surface area contributed by atoms with Gasteiger partial charge in [-0.15, -0.1) is 0 Å². The molecular weight excluding hydrogens is 484 g/mol. The number of fused-ring (bicyclic) bond motifs is 2. The molecule has 1 unspecified atom stereocenters. The minimum absolute atomic E-state index is 0.0436. The van der Waals surface area contributed by atoms with Crippen molar-refractivity contribution in [3.05, 3.63) is 66.1 Å². The van der Waals surface area contributed by atoms with Gasteiger partial charge in [-0.1, -0.05) is 30.3 Å². The van der Waals surface area contributed by atoms with Crippen LogP contribution in [0.1, 0.15) is 43.1 Å². The van der Waals surface area contributed by atoms with Crippen LogP contribution < -0.4 is 10.1 Å². The Labute approximate surface area is 219 Å². The van der Waals surface area contributed by atoms with E-state index >= 15 is 0 Å². The van der Waals surface area contributed by atoms with E-state index in [2.05, 4.69) is 10.4 Å². The van der Waals surface area contributed by atoms with Gasteiger partial charge in [0.1, 0.15) is 28.7 Å². The molecule has 1 N–H and O–H groups in total. The Hall–Kier alpha value is -4.40. The highest BCUT2D eigenvalue weighted by molar-refractivity contribution is 6.03. The highest BCUT2D eigenvalue weighted by Gasteiger charge is 2.32. The van der Waals surface area contributed by atoms with Crippen LogP contribution in [0, 0.1) is 0 Å². The summed E-state index contributed by atoms with van der Waals surface area (Å²) in [5.41, 5.74) is 2.28. The van der Waals surface area contributed by atoms with Gasteiger partial charge in [-0.2, -0.15) is 5.10 Å². The average molecular weight is 513 g/mol. The molecule has 4 heterocycles. The van der Waals surface area contributed by atoms with Crippen molar-refractivity contribution in [3.8, 4) is 5.75 Å². The van der Waals surface area contributed by atoms with Crippen molar-refractivity contribution >= 4 is 45.7 Å². The van der Waals surface area contributed by atoms with Gasteiger partial charge in [-0.25, -0.2) is 0 Å². The van der Waals surface area contributed by atoms with Crippen molar-refractivity contribution in [2.45, 2.75) is 37.7 Å². The number of hydrogen-bond donors (Lipinski definition) is 1. The van der Waals surface area contributed by atoms with Crippen molar-refractivity contribution in [2.24, 2.45) is 7.05 Å². The van der Waals surface area contributed by atoms with Crippen LogP contribution in [0.5, 0.6) is 5.75 Å². The molecule has 9 nitrogen and oxygen atoms in total. The summed E-state index contributed by atoms with van der Waals surface area (Å²) in [6.45, 7) is 1.19. The summed E-state index contributed by atoms with van der Waals surface area (Å²) in [5, 5.41) is 8.91. The summed E-state index contributed by atoms with van der Waals surface area (Å²) >= 11 is 0. The van der Waals surface area contributed by atoms with Crippen molar-refractivity contribution in [1.29, 1.82) is 0 Å². The second-order valence-electron chi connectivity index (χ2n) is 9.83. The van der Waals surface area contributed by atoms with Gasteiger partial charge < -0.3 is 14.1 Å². The summed E-state index contributed by atoms with van der Waals surface area (Å²) in [5.74, 6) is 0.286. The summed E-state index contributed by atoms with van der Waals surface area (Å²) in [6.07, 6.45) is 5.39. The number of furan rings is 1. The molecule has 38 heavy (non-hydrogen) atoms. The van der Waals surface area contributed by atoms with E-state index in [0.717, 1.165) is 21.9 Å². The molecule has 6 rings (SSSR count). The largest absolute Gasteiger partial charge is 0.488 e. The number of likely N-dealkylation sites (tertiary alicyclic amines) is 1. The van der Waals surface area contributed by atoms with Crippen LogP contribution in [0.4, 0.5) is 0 Å². The van der Waals surface area contributed by atoms with Gasteiger partial charge in [0, 0.05) is 56.2 Å². The molecule has 0 bridgehead atoms. The Morgan fingerprint density at radius 2 is 1.92 bits per heavy atom. The minimum Gasteiger partial charge on any atom is -0.488 e. The number of para-hydroxylation sites is 2. The Kier molecular flexibility index (Phi) is 6.19. The van der Waals surface area contributed by atoms with Crippen LogP contribution in [0.3, 0.4) is 0 Å². The molecule has 2 aromatic carbocycles. The van der Waals surface area contributed by atoms with Gasteiger partial charge in [0.2, 0.25) is 17.7 Å². The number of aromatic nitrogens is 2. The first-order valence-corrected chi connectivity index (χ1v) is 12.9. The summed E-state index contributed by atoms with van der Waals surface area (Å²) in [7, 11) is 1.83. The molecule has 0 radical (unpaired) electrons. The molecule has 194 valence electrons. The summed E-state index contributed by atoms with van der Waals surface area (Å²) < 4.78 is 13.9. The first-order chi connectivity index (χ1) is 18.5. The maximum absolute atomic E-state index is 12.8. The van der Waals surface area contributed by atoms with E-state index in [0.29, 0.717) is 56.0 Å². The van der Waals surface area contributed by atoms with Gasteiger partial charge in [0.25, 0.3) is 0 Å². The number of nitrogens with zero attached hydrogens (tertiary/aromatic N) is 3. The zero-order valence-electron chi connectivity index (χ0n) is 21.1. The minimum atomic E-state index is -0.464. The SMILES string of the molecule is Cn1nc(C2CCC(=O)NC2=O)c2cccc(OC3CCN(C(=O)/C=C/c4cc5ccccc5o4)CC3)c21. The number of imide groups is 1. The molecule has 3 amide bonds. The molecule has 2 aliphatic heterocycles. The number of amides is 3. The van der Waals surface area contributed by atoms with Crippen molar-refractivity contribution in [3.63, 3.8) is 0 Å². The third-order valence-electron chi connectivity index (χ3n) is 7.31. The molecule has 4 aromatic rings. The third-order valence-corrected chi connectivity index (χ3v) is 7.31. The first kappa shape index (κ1) is 24.0. The number of nitrogens with one attached hydrogen (secondary N) is 1.